The predicted molar refractivity (Wildman–Crippen MR) is 95.9 cm³/mol. The van der Waals surface area contributed by atoms with Gasteiger partial charge in [-0.3, -0.25) is 14.8 Å². The first-order valence-corrected chi connectivity index (χ1v) is 7.79. The Morgan fingerprint density at radius 3 is 2.64 bits per heavy atom. The quantitative estimate of drug-likeness (QED) is 0.724. The van der Waals surface area contributed by atoms with Crippen LogP contribution in [0, 0.1) is 0 Å². The van der Waals surface area contributed by atoms with Gasteiger partial charge in [0.2, 0.25) is 0 Å². The number of ether oxygens (including phenoxy) is 1. The molecule has 3 rings (SSSR count). The SMILES string of the molecule is COc1cccc(Nc2ccnc(C(=O)NCc3ccncc3)c2)c1. The summed E-state index contributed by atoms with van der Waals surface area (Å²) in [5.41, 5.74) is 2.97. The molecule has 6 nitrogen and oxygen atoms in total. The molecule has 1 aromatic carbocycles. The number of methoxy groups -OCH3 is 1. The maximum absolute atomic E-state index is 12.3. The Bertz CT molecular complexity index is 853. The molecule has 0 aliphatic carbocycles. The lowest BCUT2D eigenvalue weighted by molar-refractivity contribution is 0.0946. The van der Waals surface area contributed by atoms with E-state index in [1.165, 1.54) is 0 Å². The Morgan fingerprint density at radius 2 is 1.84 bits per heavy atom. The Morgan fingerprint density at radius 1 is 1.04 bits per heavy atom. The molecule has 0 radical (unpaired) electrons. The minimum atomic E-state index is -0.230. The van der Waals surface area contributed by atoms with Crippen LogP contribution >= 0.6 is 0 Å². The molecule has 0 fully saturated rings. The average Bonchev–Trinajstić information content (AvgIpc) is 2.67. The molecule has 0 spiro atoms. The maximum Gasteiger partial charge on any atom is 0.270 e. The number of pyridine rings is 2. The zero-order valence-electron chi connectivity index (χ0n) is 13.8. The van der Waals surface area contributed by atoms with Crippen molar-refractivity contribution in [2.24, 2.45) is 0 Å². The molecule has 0 bridgehead atoms. The smallest absolute Gasteiger partial charge is 0.270 e. The van der Waals surface area contributed by atoms with Crippen LogP contribution in [0.3, 0.4) is 0 Å². The van der Waals surface area contributed by atoms with Crippen molar-refractivity contribution in [1.82, 2.24) is 15.3 Å². The Kier molecular flexibility index (Phi) is 5.21. The lowest BCUT2D eigenvalue weighted by Gasteiger charge is -2.09. The lowest BCUT2D eigenvalue weighted by atomic mass is 10.2. The number of nitrogens with one attached hydrogen (secondary N) is 2. The molecule has 3 aromatic rings. The third-order valence-corrected chi connectivity index (χ3v) is 3.55. The second-order valence-electron chi connectivity index (χ2n) is 5.32. The number of nitrogens with zero attached hydrogens (tertiary/aromatic N) is 2. The van der Waals surface area contributed by atoms with Crippen molar-refractivity contribution in [3.05, 3.63) is 78.4 Å². The molecule has 0 saturated carbocycles. The van der Waals surface area contributed by atoms with E-state index in [4.69, 9.17) is 4.74 Å². The molecule has 0 aliphatic rings. The van der Waals surface area contributed by atoms with Crippen molar-refractivity contribution >= 4 is 17.3 Å². The molecule has 0 atom stereocenters. The average molecular weight is 334 g/mol. The third kappa shape index (κ3) is 4.54. The summed E-state index contributed by atoms with van der Waals surface area (Å²) in [7, 11) is 1.62. The highest BCUT2D eigenvalue weighted by molar-refractivity contribution is 5.93. The van der Waals surface area contributed by atoms with E-state index in [1.54, 1.807) is 37.8 Å². The van der Waals surface area contributed by atoms with Crippen molar-refractivity contribution in [3.63, 3.8) is 0 Å². The van der Waals surface area contributed by atoms with E-state index >= 15 is 0 Å². The van der Waals surface area contributed by atoms with Gasteiger partial charge in [0.05, 0.1) is 7.11 Å². The monoisotopic (exact) mass is 334 g/mol. The Balaban J connectivity index is 1.67. The summed E-state index contributed by atoms with van der Waals surface area (Å²) < 4.78 is 5.21. The number of anilines is 2. The van der Waals surface area contributed by atoms with E-state index in [9.17, 15) is 4.79 Å². The number of benzene rings is 1. The van der Waals surface area contributed by atoms with Crippen molar-refractivity contribution < 1.29 is 9.53 Å². The summed E-state index contributed by atoms with van der Waals surface area (Å²) in [6, 6.07) is 14.8. The minimum absolute atomic E-state index is 0.230. The molecule has 25 heavy (non-hydrogen) atoms. The highest BCUT2D eigenvalue weighted by atomic mass is 16.5. The maximum atomic E-state index is 12.3. The standard InChI is InChI=1S/C19H18N4O2/c1-25-17-4-2-3-15(11-17)23-16-7-10-21-18(12-16)19(24)22-13-14-5-8-20-9-6-14/h2-12H,13H2,1H3,(H,21,23)(H,22,24). The van der Waals surface area contributed by atoms with Gasteiger partial charge in [0, 0.05) is 42.6 Å². The lowest BCUT2D eigenvalue weighted by Crippen LogP contribution is -2.23. The van der Waals surface area contributed by atoms with Crippen molar-refractivity contribution in [2.75, 3.05) is 12.4 Å². The summed E-state index contributed by atoms with van der Waals surface area (Å²) in [5.74, 6) is 0.528. The van der Waals surface area contributed by atoms with Gasteiger partial charge >= 0.3 is 0 Å². The first kappa shape index (κ1) is 16.4. The molecule has 2 heterocycles. The van der Waals surface area contributed by atoms with Crippen LogP contribution < -0.4 is 15.4 Å². The molecule has 0 unspecified atom stereocenters. The number of amides is 1. The van der Waals surface area contributed by atoms with E-state index in [2.05, 4.69) is 20.6 Å². The highest BCUT2D eigenvalue weighted by Crippen LogP contribution is 2.21. The first-order chi connectivity index (χ1) is 12.2. The fourth-order valence-electron chi connectivity index (χ4n) is 2.27. The van der Waals surface area contributed by atoms with Crippen molar-refractivity contribution in [1.29, 1.82) is 0 Å². The topological polar surface area (TPSA) is 76.1 Å². The van der Waals surface area contributed by atoms with Gasteiger partial charge in [-0.25, -0.2) is 0 Å². The number of hydrogen-bond donors (Lipinski definition) is 2. The van der Waals surface area contributed by atoms with Gasteiger partial charge in [0.15, 0.2) is 0 Å². The summed E-state index contributed by atoms with van der Waals surface area (Å²) in [6.45, 7) is 0.427. The van der Waals surface area contributed by atoms with E-state index in [0.29, 0.717) is 12.2 Å². The van der Waals surface area contributed by atoms with Gasteiger partial charge in [-0.2, -0.15) is 0 Å². The molecule has 0 aliphatic heterocycles. The van der Waals surface area contributed by atoms with Gasteiger partial charge in [-0.05, 0) is 42.0 Å². The van der Waals surface area contributed by atoms with Crippen molar-refractivity contribution in [3.8, 4) is 5.75 Å². The van der Waals surface area contributed by atoms with Gasteiger partial charge in [-0.15, -0.1) is 0 Å². The summed E-state index contributed by atoms with van der Waals surface area (Å²) in [5, 5.41) is 6.09. The van der Waals surface area contributed by atoms with Crippen LogP contribution in [0.1, 0.15) is 16.1 Å². The molecule has 2 aromatic heterocycles. The van der Waals surface area contributed by atoms with Crippen LogP contribution in [0.4, 0.5) is 11.4 Å². The van der Waals surface area contributed by atoms with Crippen LogP contribution in [0.25, 0.3) is 0 Å². The fourth-order valence-corrected chi connectivity index (χ4v) is 2.27. The number of carbonyl (C=O) groups is 1. The normalized spacial score (nSPS) is 10.1. The molecular formula is C19H18N4O2. The zero-order valence-corrected chi connectivity index (χ0v) is 13.8. The Labute approximate surface area is 145 Å². The largest absolute Gasteiger partial charge is 0.497 e. The van der Waals surface area contributed by atoms with Crippen LogP contribution in [0.2, 0.25) is 0 Å². The fraction of sp³-hybridized carbons (Fsp3) is 0.105. The number of hydrogen-bond acceptors (Lipinski definition) is 5. The third-order valence-electron chi connectivity index (χ3n) is 3.55. The van der Waals surface area contributed by atoms with E-state index in [0.717, 1.165) is 22.7 Å². The molecular weight excluding hydrogens is 316 g/mol. The van der Waals surface area contributed by atoms with E-state index in [-0.39, 0.29) is 5.91 Å². The second kappa shape index (κ2) is 7.92. The van der Waals surface area contributed by atoms with Gasteiger partial charge in [0.25, 0.3) is 5.91 Å². The zero-order chi connectivity index (χ0) is 17.5. The predicted octanol–water partition coefficient (Wildman–Crippen LogP) is 3.16. The van der Waals surface area contributed by atoms with Gasteiger partial charge in [-0.1, -0.05) is 6.07 Å². The second-order valence-corrected chi connectivity index (χ2v) is 5.32. The first-order valence-electron chi connectivity index (χ1n) is 7.79. The van der Waals surface area contributed by atoms with E-state index < -0.39 is 0 Å². The number of aromatic nitrogens is 2. The summed E-state index contributed by atoms with van der Waals surface area (Å²) >= 11 is 0. The highest BCUT2D eigenvalue weighted by Gasteiger charge is 2.08. The molecule has 2 N–H and O–H groups in total. The van der Waals surface area contributed by atoms with Gasteiger partial charge < -0.3 is 15.4 Å². The molecule has 126 valence electrons. The summed E-state index contributed by atoms with van der Waals surface area (Å²) in [6.07, 6.45) is 4.99. The molecule has 0 saturated heterocycles. The molecule has 1 amide bonds. The number of rotatable bonds is 6. The number of carbonyl (C=O) groups excluding carboxylic acids is 1. The van der Waals surface area contributed by atoms with Crippen LogP contribution in [0.5, 0.6) is 5.75 Å². The van der Waals surface area contributed by atoms with E-state index in [1.807, 2.05) is 36.4 Å². The van der Waals surface area contributed by atoms with Crippen LogP contribution in [-0.4, -0.2) is 23.0 Å². The van der Waals surface area contributed by atoms with Crippen LogP contribution in [-0.2, 0) is 6.54 Å². The van der Waals surface area contributed by atoms with Crippen molar-refractivity contribution in [2.45, 2.75) is 6.54 Å². The minimum Gasteiger partial charge on any atom is -0.497 e. The Hall–Kier alpha value is -3.41. The molecule has 6 heteroatoms. The summed E-state index contributed by atoms with van der Waals surface area (Å²) in [4.78, 5) is 20.4. The van der Waals surface area contributed by atoms with Gasteiger partial charge in [0.1, 0.15) is 11.4 Å². The van der Waals surface area contributed by atoms with Crippen LogP contribution in [0.15, 0.2) is 67.1 Å².